The molecule has 0 saturated carbocycles. The molecule has 2 heterocycles. The first-order valence-electron chi connectivity index (χ1n) is 9.64. The minimum atomic E-state index is -3.82. The summed E-state index contributed by atoms with van der Waals surface area (Å²) in [7, 11) is -3.82. The van der Waals surface area contributed by atoms with Crippen LogP contribution >= 0.6 is 11.3 Å². The van der Waals surface area contributed by atoms with Crippen LogP contribution in [-0.2, 0) is 23.0 Å². The van der Waals surface area contributed by atoms with Crippen molar-refractivity contribution >= 4 is 33.2 Å². The van der Waals surface area contributed by atoms with E-state index in [2.05, 4.69) is 15.6 Å². The Morgan fingerprint density at radius 2 is 1.84 bits per heavy atom. The van der Waals surface area contributed by atoms with E-state index in [0.717, 1.165) is 34.4 Å². The fraction of sp³-hybridized carbons (Fsp3) is 0.238. The molecule has 10 heteroatoms. The number of aromatic nitrogens is 1. The Morgan fingerprint density at radius 3 is 2.42 bits per heavy atom. The topological polar surface area (TPSA) is 134 Å². The zero-order valence-electron chi connectivity index (χ0n) is 17.1. The number of carbonyl (C=O) groups excluding carboxylic acids is 2. The smallest absolute Gasteiger partial charge is 0.268 e. The predicted molar refractivity (Wildman–Crippen MR) is 119 cm³/mol. The average Bonchev–Trinajstić information content (AvgIpc) is 3.41. The molecule has 1 aromatic carbocycles. The van der Waals surface area contributed by atoms with Gasteiger partial charge in [-0.05, 0) is 42.2 Å². The summed E-state index contributed by atoms with van der Waals surface area (Å²) in [6.45, 7) is 4.21. The Balaban J connectivity index is 1.55. The number of nitrogens with two attached hydrogens (primary N) is 1. The van der Waals surface area contributed by atoms with Gasteiger partial charge in [-0.1, -0.05) is 31.2 Å². The minimum absolute atomic E-state index is 0.0756. The number of aromatic amines is 1. The van der Waals surface area contributed by atoms with Gasteiger partial charge in [0.15, 0.2) is 0 Å². The second-order valence-electron chi connectivity index (χ2n) is 7.09. The lowest BCUT2D eigenvalue weighted by Gasteiger charge is -2.14. The molecule has 2 aromatic heterocycles. The molecule has 0 radical (unpaired) electrons. The van der Waals surface area contributed by atoms with Crippen LogP contribution in [-0.4, -0.2) is 25.2 Å². The van der Waals surface area contributed by atoms with Crippen molar-refractivity contribution in [3.63, 3.8) is 0 Å². The summed E-state index contributed by atoms with van der Waals surface area (Å²) in [6.07, 6.45) is 2.69. The summed E-state index contributed by atoms with van der Waals surface area (Å²) in [5, 5.41) is 12.1. The molecule has 0 fully saturated rings. The Morgan fingerprint density at radius 1 is 1.13 bits per heavy atom. The molecule has 5 N–H and O–H groups in total. The summed E-state index contributed by atoms with van der Waals surface area (Å²) < 4.78 is 22.6. The second kappa shape index (κ2) is 9.46. The lowest BCUT2D eigenvalue weighted by molar-refractivity contribution is 0.0932. The highest BCUT2D eigenvalue weighted by atomic mass is 32.2. The highest BCUT2D eigenvalue weighted by Gasteiger charge is 2.16. The molecular formula is C21H24N4O4S2. The van der Waals surface area contributed by atoms with E-state index in [9.17, 15) is 18.0 Å². The normalized spacial score (nSPS) is 12.4. The van der Waals surface area contributed by atoms with Gasteiger partial charge in [-0.15, -0.1) is 11.3 Å². The molecule has 3 aromatic rings. The molecule has 1 unspecified atom stereocenters. The summed E-state index contributed by atoms with van der Waals surface area (Å²) in [6, 6.07) is 10.4. The molecule has 0 aliphatic heterocycles. The molecule has 0 saturated heterocycles. The van der Waals surface area contributed by atoms with Crippen molar-refractivity contribution in [2.24, 2.45) is 5.14 Å². The largest absolute Gasteiger partial charge is 0.357 e. The minimum Gasteiger partial charge on any atom is -0.357 e. The van der Waals surface area contributed by atoms with Gasteiger partial charge >= 0.3 is 0 Å². The number of aryl methyl sites for hydroxylation is 1. The molecular weight excluding hydrogens is 436 g/mol. The maximum atomic E-state index is 12.4. The van der Waals surface area contributed by atoms with Crippen LogP contribution < -0.4 is 15.8 Å². The number of nitrogens with one attached hydrogen (secondary N) is 3. The standard InChI is InChI=1S/C21H24N4O4S2/c1-3-14-8-18(23-10-14)20(26)25-13(2)16-6-4-15(5-7-16)11-24-21(27)19-9-17(12-30-19)31(22,28)29/h4-10,12-13,23H,3,11H2,1-2H3,(H,24,27)(H,25,26)(H2,22,28,29). The number of thiophene rings is 1. The SMILES string of the molecule is CCc1c[nH]c(C(=O)NC(C)c2ccc(CNC(=O)c3cc(S(N)(=O)=O)cs3)cc2)c1. The van der Waals surface area contributed by atoms with E-state index in [1.165, 1.54) is 11.4 Å². The van der Waals surface area contributed by atoms with E-state index in [1.807, 2.05) is 50.4 Å². The van der Waals surface area contributed by atoms with Gasteiger partial charge in [0.25, 0.3) is 11.8 Å². The number of hydrogen-bond acceptors (Lipinski definition) is 5. The van der Waals surface area contributed by atoms with Gasteiger partial charge in [-0.3, -0.25) is 9.59 Å². The molecule has 1 atom stereocenters. The van der Waals surface area contributed by atoms with Crippen LogP contribution in [0, 0.1) is 0 Å². The van der Waals surface area contributed by atoms with Crippen molar-refractivity contribution in [1.29, 1.82) is 0 Å². The summed E-state index contributed by atoms with van der Waals surface area (Å²) in [5.41, 5.74) is 3.41. The Hall–Kier alpha value is -2.95. The van der Waals surface area contributed by atoms with E-state index in [0.29, 0.717) is 5.69 Å². The van der Waals surface area contributed by atoms with Crippen molar-refractivity contribution in [1.82, 2.24) is 15.6 Å². The monoisotopic (exact) mass is 460 g/mol. The van der Waals surface area contributed by atoms with Crippen LogP contribution in [0.5, 0.6) is 0 Å². The highest BCUT2D eigenvalue weighted by molar-refractivity contribution is 7.89. The number of hydrogen-bond donors (Lipinski definition) is 4. The van der Waals surface area contributed by atoms with Crippen LogP contribution in [0.15, 0.2) is 52.9 Å². The second-order valence-corrected chi connectivity index (χ2v) is 9.56. The van der Waals surface area contributed by atoms with Crippen LogP contribution in [0.25, 0.3) is 0 Å². The van der Waals surface area contributed by atoms with E-state index in [1.54, 1.807) is 0 Å². The maximum absolute atomic E-state index is 12.4. The fourth-order valence-electron chi connectivity index (χ4n) is 2.91. The number of H-pyrrole nitrogens is 1. The van der Waals surface area contributed by atoms with E-state index >= 15 is 0 Å². The third-order valence-electron chi connectivity index (χ3n) is 4.80. The van der Waals surface area contributed by atoms with Crippen molar-refractivity contribution in [3.8, 4) is 0 Å². The van der Waals surface area contributed by atoms with Crippen LogP contribution in [0.2, 0.25) is 0 Å². The summed E-state index contributed by atoms with van der Waals surface area (Å²) in [4.78, 5) is 27.8. The van der Waals surface area contributed by atoms with Crippen LogP contribution in [0.4, 0.5) is 0 Å². The molecule has 0 aliphatic carbocycles. The van der Waals surface area contributed by atoms with Crippen molar-refractivity contribution in [3.05, 3.63) is 75.2 Å². The molecule has 0 aliphatic rings. The number of amides is 2. The molecule has 8 nitrogen and oxygen atoms in total. The van der Waals surface area contributed by atoms with E-state index in [4.69, 9.17) is 5.14 Å². The molecule has 2 amide bonds. The predicted octanol–water partition coefficient (Wildman–Crippen LogP) is 2.71. The molecule has 3 rings (SSSR count). The van der Waals surface area contributed by atoms with Crippen LogP contribution in [0.3, 0.4) is 0 Å². The first kappa shape index (κ1) is 22.7. The average molecular weight is 461 g/mol. The van der Waals surface area contributed by atoms with Gasteiger partial charge in [-0.2, -0.15) is 0 Å². The van der Waals surface area contributed by atoms with Gasteiger partial charge in [0, 0.05) is 18.1 Å². The molecule has 0 bridgehead atoms. The first-order valence-corrected chi connectivity index (χ1v) is 12.1. The van der Waals surface area contributed by atoms with Gasteiger partial charge < -0.3 is 15.6 Å². The van der Waals surface area contributed by atoms with Gasteiger partial charge in [0.2, 0.25) is 10.0 Å². The number of benzene rings is 1. The fourth-order valence-corrected chi connectivity index (χ4v) is 4.64. The summed E-state index contributed by atoms with van der Waals surface area (Å²) in [5.74, 6) is -0.541. The number of primary sulfonamides is 1. The quantitative estimate of drug-likeness (QED) is 0.411. The zero-order valence-corrected chi connectivity index (χ0v) is 18.8. The molecule has 0 spiro atoms. The Bertz CT molecular complexity index is 1180. The van der Waals surface area contributed by atoms with Crippen molar-refractivity contribution in [2.45, 2.75) is 37.8 Å². The number of rotatable bonds is 8. The van der Waals surface area contributed by atoms with Crippen molar-refractivity contribution < 1.29 is 18.0 Å². The third kappa shape index (κ3) is 5.81. The van der Waals surface area contributed by atoms with Crippen molar-refractivity contribution in [2.75, 3.05) is 0 Å². The zero-order chi connectivity index (χ0) is 22.6. The number of carbonyl (C=O) groups is 2. The molecule has 31 heavy (non-hydrogen) atoms. The Labute approximate surface area is 184 Å². The van der Waals surface area contributed by atoms with Gasteiger partial charge in [0.1, 0.15) is 5.69 Å². The maximum Gasteiger partial charge on any atom is 0.268 e. The van der Waals surface area contributed by atoms with E-state index < -0.39 is 10.0 Å². The first-order chi connectivity index (χ1) is 14.7. The summed E-state index contributed by atoms with van der Waals surface area (Å²) >= 11 is 1.02. The lowest BCUT2D eigenvalue weighted by atomic mass is 10.1. The van der Waals surface area contributed by atoms with Gasteiger partial charge in [-0.25, -0.2) is 13.6 Å². The number of sulfonamides is 1. The molecule has 164 valence electrons. The lowest BCUT2D eigenvalue weighted by Crippen LogP contribution is -2.27. The van der Waals surface area contributed by atoms with E-state index in [-0.39, 0.29) is 34.2 Å². The highest BCUT2D eigenvalue weighted by Crippen LogP contribution is 2.18. The third-order valence-corrected chi connectivity index (χ3v) is 6.77. The Kier molecular flexibility index (Phi) is 6.94. The van der Waals surface area contributed by atoms with Crippen LogP contribution in [0.1, 0.15) is 56.7 Å². The van der Waals surface area contributed by atoms with Gasteiger partial charge in [0.05, 0.1) is 15.8 Å².